The standard InChI is InChI=1S/C9H14N2O/c1-7(12)8-4-2-3-5-9(8)11-6-10/h6,12H,1-5H2,(H2,10,11). The van der Waals surface area contributed by atoms with Crippen molar-refractivity contribution in [3.05, 3.63) is 23.6 Å². The number of nitrogens with two attached hydrogens (primary N) is 1. The molecule has 1 aliphatic carbocycles. The summed E-state index contributed by atoms with van der Waals surface area (Å²) < 4.78 is 0. The van der Waals surface area contributed by atoms with Gasteiger partial charge < -0.3 is 10.8 Å². The Bertz CT molecular complexity index is 241. The minimum absolute atomic E-state index is 0.135. The van der Waals surface area contributed by atoms with E-state index in [1.807, 2.05) is 0 Å². The Morgan fingerprint density at radius 1 is 1.50 bits per heavy atom. The monoisotopic (exact) mass is 166 g/mol. The van der Waals surface area contributed by atoms with Crippen LogP contribution in [0.15, 0.2) is 28.6 Å². The van der Waals surface area contributed by atoms with Crippen LogP contribution in [0, 0.1) is 0 Å². The molecule has 0 aromatic carbocycles. The predicted octanol–water partition coefficient (Wildman–Crippen LogP) is 1.87. The number of aliphatic hydroxyl groups excluding tert-OH is 1. The summed E-state index contributed by atoms with van der Waals surface area (Å²) in [7, 11) is 0. The first-order valence-electron chi connectivity index (χ1n) is 4.10. The number of hydrogen-bond acceptors (Lipinski definition) is 2. The predicted molar refractivity (Wildman–Crippen MR) is 49.9 cm³/mol. The summed E-state index contributed by atoms with van der Waals surface area (Å²) in [6, 6.07) is 0. The third-order valence-corrected chi connectivity index (χ3v) is 2.02. The van der Waals surface area contributed by atoms with E-state index >= 15 is 0 Å². The molecule has 0 atom stereocenters. The molecule has 0 radical (unpaired) electrons. The normalized spacial score (nSPS) is 18.7. The summed E-state index contributed by atoms with van der Waals surface area (Å²) in [5.74, 6) is 0.135. The lowest BCUT2D eigenvalue weighted by atomic mass is 9.95. The van der Waals surface area contributed by atoms with Crippen LogP contribution in [-0.2, 0) is 0 Å². The van der Waals surface area contributed by atoms with Gasteiger partial charge in [0.25, 0.3) is 0 Å². The van der Waals surface area contributed by atoms with Gasteiger partial charge in [0.2, 0.25) is 0 Å². The van der Waals surface area contributed by atoms with Gasteiger partial charge >= 0.3 is 0 Å². The smallest absolute Gasteiger partial charge is 0.113 e. The van der Waals surface area contributed by atoms with E-state index in [9.17, 15) is 5.11 Å². The second-order valence-corrected chi connectivity index (χ2v) is 2.86. The SMILES string of the molecule is C=C(O)C1=C(N=CN)CCCC1. The van der Waals surface area contributed by atoms with E-state index in [-0.39, 0.29) is 5.76 Å². The first-order valence-corrected chi connectivity index (χ1v) is 4.10. The van der Waals surface area contributed by atoms with Crippen molar-refractivity contribution < 1.29 is 5.11 Å². The summed E-state index contributed by atoms with van der Waals surface area (Å²) in [6.07, 6.45) is 5.23. The van der Waals surface area contributed by atoms with E-state index in [4.69, 9.17) is 5.73 Å². The number of nitrogens with zero attached hydrogens (tertiary/aromatic N) is 1. The summed E-state index contributed by atoms with van der Waals surface area (Å²) >= 11 is 0. The van der Waals surface area contributed by atoms with Crippen LogP contribution < -0.4 is 5.73 Å². The number of allylic oxidation sites excluding steroid dienone is 2. The number of aliphatic hydroxyl groups is 1. The number of aliphatic imine (C=N–C) groups is 1. The first kappa shape index (κ1) is 8.84. The van der Waals surface area contributed by atoms with Crippen molar-refractivity contribution in [3.8, 4) is 0 Å². The van der Waals surface area contributed by atoms with E-state index in [2.05, 4.69) is 11.6 Å². The van der Waals surface area contributed by atoms with Crippen LogP contribution in [0.1, 0.15) is 25.7 Å². The highest BCUT2D eigenvalue weighted by molar-refractivity contribution is 5.54. The van der Waals surface area contributed by atoms with Crippen LogP contribution in [0.4, 0.5) is 0 Å². The summed E-state index contributed by atoms with van der Waals surface area (Å²) in [4.78, 5) is 4.00. The van der Waals surface area contributed by atoms with Gasteiger partial charge in [0, 0.05) is 11.3 Å². The zero-order valence-electron chi connectivity index (χ0n) is 7.08. The molecule has 3 heteroatoms. The van der Waals surface area contributed by atoms with Crippen molar-refractivity contribution in [1.82, 2.24) is 0 Å². The van der Waals surface area contributed by atoms with Crippen molar-refractivity contribution >= 4 is 6.34 Å². The zero-order chi connectivity index (χ0) is 8.97. The fourth-order valence-corrected chi connectivity index (χ4v) is 1.43. The van der Waals surface area contributed by atoms with Gasteiger partial charge in [-0.3, -0.25) is 0 Å². The summed E-state index contributed by atoms with van der Waals surface area (Å²) in [5, 5.41) is 9.21. The molecule has 0 aromatic heterocycles. The largest absolute Gasteiger partial charge is 0.508 e. The Morgan fingerprint density at radius 3 is 2.75 bits per heavy atom. The molecule has 12 heavy (non-hydrogen) atoms. The quantitative estimate of drug-likeness (QED) is 0.374. The van der Waals surface area contributed by atoms with Gasteiger partial charge in [0.1, 0.15) is 5.76 Å². The van der Waals surface area contributed by atoms with Crippen molar-refractivity contribution in [1.29, 1.82) is 0 Å². The Balaban J connectivity index is 2.90. The van der Waals surface area contributed by atoms with Crippen molar-refractivity contribution in [3.63, 3.8) is 0 Å². The lowest BCUT2D eigenvalue weighted by molar-refractivity contribution is 0.414. The molecule has 0 spiro atoms. The molecular formula is C9H14N2O. The van der Waals surface area contributed by atoms with Gasteiger partial charge in [-0.15, -0.1) is 0 Å². The average molecular weight is 166 g/mol. The van der Waals surface area contributed by atoms with Crippen molar-refractivity contribution in [2.45, 2.75) is 25.7 Å². The van der Waals surface area contributed by atoms with Crippen molar-refractivity contribution in [2.24, 2.45) is 10.7 Å². The van der Waals surface area contributed by atoms with Gasteiger partial charge in [-0.05, 0) is 25.7 Å². The third kappa shape index (κ3) is 1.87. The van der Waals surface area contributed by atoms with Crippen LogP contribution in [0.25, 0.3) is 0 Å². The molecule has 0 bridgehead atoms. The molecule has 3 N–H and O–H groups in total. The Morgan fingerprint density at radius 2 is 2.17 bits per heavy atom. The molecule has 0 saturated carbocycles. The van der Waals surface area contributed by atoms with E-state index in [0.29, 0.717) is 0 Å². The molecule has 3 nitrogen and oxygen atoms in total. The van der Waals surface area contributed by atoms with Gasteiger partial charge in [0.05, 0.1) is 6.34 Å². The number of hydrogen-bond donors (Lipinski definition) is 2. The Hall–Kier alpha value is -1.25. The summed E-state index contributed by atoms with van der Waals surface area (Å²) in [5.41, 5.74) is 6.93. The molecule has 0 aliphatic heterocycles. The van der Waals surface area contributed by atoms with Gasteiger partial charge in [-0.2, -0.15) is 0 Å². The van der Waals surface area contributed by atoms with Crippen LogP contribution >= 0.6 is 0 Å². The van der Waals surface area contributed by atoms with E-state index in [0.717, 1.165) is 37.0 Å². The molecular weight excluding hydrogens is 152 g/mol. The maximum Gasteiger partial charge on any atom is 0.113 e. The minimum atomic E-state index is 0.135. The van der Waals surface area contributed by atoms with E-state index < -0.39 is 0 Å². The summed E-state index contributed by atoms with van der Waals surface area (Å²) in [6.45, 7) is 3.49. The second kappa shape index (κ2) is 3.95. The molecule has 1 aliphatic rings. The second-order valence-electron chi connectivity index (χ2n) is 2.86. The third-order valence-electron chi connectivity index (χ3n) is 2.02. The molecule has 0 amide bonds. The highest BCUT2D eigenvalue weighted by Crippen LogP contribution is 2.28. The zero-order valence-corrected chi connectivity index (χ0v) is 7.08. The van der Waals surface area contributed by atoms with E-state index in [1.165, 1.54) is 6.34 Å². The highest BCUT2D eigenvalue weighted by atomic mass is 16.3. The van der Waals surface area contributed by atoms with Crippen LogP contribution in [-0.4, -0.2) is 11.4 Å². The Labute approximate surface area is 72.3 Å². The molecule has 0 unspecified atom stereocenters. The maximum atomic E-state index is 9.21. The molecule has 0 fully saturated rings. The molecule has 0 heterocycles. The minimum Gasteiger partial charge on any atom is -0.508 e. The van der Waals surface area contributed by atoms with Crippen molar-refractivity contribution in [2.75, 3.05) is 0 Å². The van der Waals surface area contributed by atoms with Crippen LogP contribution in [0.3, 0.4) is 0 Å². The lowest BCUT2D eigenvalue weighted by Gasteiger charge is -2.15. The molecule has 1 rings (SSSR count). The van der Waals surface area contributed by atoms with Crippen LogP contribution in [0.2, 0.25) is 0 Å². The molecule has 0 saturated heterocycles. The Kier molecular flexibility index (Phi) is 2.91. The fourth-order valence-electron chi connectivity index (χ4n) is 1.43. The molecule has 0 aromatic rings. The van der Waals surface area contributed by atoms with Gasteiger partial charge in [0.15, 0.2) is 0 Å². The van der Waals surface area contributed by atoms with Crippen LogP contribution in [0.5, 0.6) is 0 Å². The van der Waals surface area contributed by atoms with Gasteiger partial charge in [-0.1, -0.05) is 6.58 Å². The average Bonchev–Trinajstić information content (AvgIpc) is 2.05. The molecule has 66 valence electrons. The topological polar surface area (TPSA) is 58.6 Å². The fraction of sp³-hybridized carbons (Fsp3) is 0.444. The maximum absolute atomic E-state index is 9.21. The number of rotatable bonds is 2. The lowest BCUT2D eigenvalue weighted by Crippen LogP contribution is -2.02. The first-order chi connectivity index (χ1) is 5.75. The van der Waals surface area contributed by atoms with E-state index in [1.54, 1.807) is 0 Å². The van der Waals surface area contributed by atoms with Gasteiger partial charge in [-0.25, -0.2) is 4.99 Å². The highest BCUT2D eigenvalue weighted by Gasteiger charge is 2.13.